The summed E-state index contributed by atoms with van der Waals surface area (Å²) < 4.78 is 3.42. The lowest BCUT2D eigenvalue weighted by Crippen LogP contribution is -2.28. The summed E-state index contributed by atoms with van der Waals surface area (Å²) in [5, 5.41) is 4.26. The zero-order valence-electron chi connectivity index (χ0n) is 13.5. The average Bonchev–Trinajstić information content (AvgIpc) is 2.95. The fourth-order valence-electron chi connectivity index (χ4n) is 2.21. The first-order valence-corrected chi connectivity index (χ1v) is 7.41. The molecule has 22 heavy (non-hydrogen) atoms. The van der Waals surface area contributed by atoms with Crippen molar-refractivity contribution in [2.75, 3.05) is 7.05 Å². The summed E-state index contributed by atoms with van der Waals surface area (Å²) in [6.45, 7) is 7.05. The van der Waals surface area contributed by atoms with Crippen LogP contribution in [-0.2, 0) is 13.1 Å². The second kappa shape index (κ2) is 6.60. The summed E-state index contributed by atoms with van der Waals surface area (Å²) in [7, 11) is 1.72. The maximum Gasteiger partial charge on any atom is 0.254 e. The summed E-state index contributed by atoms with van der Waals surface area (Å²) in [6.07, 6.45) is 5.35. The van der Waals surface area contributed by atoms with E-state index in [-0.39, 0.29) is 17.5 Å². The number of amides is 1. The number of hydrogen-bond acceptors (Lipinski definition) is 3. The van der Waals surface area contributed by atoms with Crippen LogP contribution < -0.4 is 5.56 Å². The van der Waals surface area contributed by atoms with Crippen molar-refractivity contribution in [3.8, 4) is 0 Å². The molecule has 2 heterocycles. The van der Waals surface area contributed by atoms with Gasteiger partial charge in [0, 0.05) is 55.8 Å². The van der Waals surface area contributed by atoms with Crippen LogP contribution in [0, 0.1) is 0 Å². The Kier molecular flexibility index (Phi) is 4.80. The van der Waals surface area contributed by atoms with E-state index in [1.54, 1.807) is 35.0 Å². The highest BCUT2D eigenvalue weighted by molar-refractivity contribution is 5.93. The highest BCUT2D eigenvalue weighted by Crippen LogP contribution is 2.09. The Morgan fingerprint density at radius 3 is 2.68 bits per heavy atom. The molecule has 0 aliphatic carbocycles. The largest absolute Gasteiger partial charge is 0.337 e. The van der Waals surface area contributed by atoms with Crippen LogP contribution in [0.2, 0.25) is 0 Å². The van der Waals surface area contributed by atoms with E-state index in [0.717, 1.165) is 5.56 Å². The molecule has 0 aliphatic rings. The van der Waals surface area contributed by atoms with Gasteiger partial charge in [0.1, 0.15) is 0 Å². The molecule has 0 unspecified atom stereocenters. The lowest BCUT2D eigenvalue weighted by atomic mass is 10.2. The van der Waals surface area contributed by atoms with Crippen LogP contribution in [0.15, 0.2) is 35.5 Å². The van der Waals surface area contributed by atoms with Gasteiger partial charge in [0.25, 0.3) is 11.5 Å². The van der Waals surface area contributed by atoms with Crippen molar-refractivity contribution in [2.24, 2.45) is 0 Å². The van der Waals surface area contributed by atoms with Crippen LogP contribution in [0.25, 0.3) is 0 Å². The maximum absolute atomic E-state index is 12.4. The van der Waals surface area contributed by atoms with Crippen molar-refractivity contribution >= 4 is 5.91 Å². The molecule has 6 nitrogen and oxygen atoms in total. The standard InChI is InChI=1S/C16H22N4O2/c1-5-19-7-6-14(8-15(19)21)16(22)18(4)10-13-9-17-20(11-13)12(2)3/h6-9,11-12H,5,10H2,1-4H3. The first-order valence-electron chi connectivity index (χ1n) is 7.41. The van der Waals surface area contributed by atoms with Crippen molar-refractivity contribution in [3.05, 3.63) is 52.2 Å². The third-order valence-electron chi connectivity index (χ3n) is 3.53. The summed E-state index contributed by atoms with van der Waals surface area (Å²) >= 11 is 0. The Balaban J connectivity index is 2.11. The molecular formula is C16H22N4O2. The van der Waals surface area contributed by atoms with Gasteiger partial charge in [-0.1, -0.05) is 0 Å². The van der Waals surface area contributed by atoms with Gasteiger partial charge in [-0.2, -0.15) is 5.10 Å². The summed E-state index contributed by atoms with van der Waals surface area (Å²) in [5.41, 5.74) is 1.22. The molecule has 0 saturated carbocycles. The molecule has 0 radical (unpaired) electrons. The SMILES string of the molecule is CCn1ccc(C(=O)N(C)Cc2cnn(C(C)C)c2)cc1=O. The minimum absolute atomic E-state index is 0.158. The molecule has 0 saturated heterocycles. The smallest absolute Gasteiger partial charge is 0.254 e. The molecule has 6 heteroatoms. The number of carbonyl (C=O) groups is 1. The van der Waals surface area contributed by atoms with E-state index in [1.807, 2.05) is 31.6 Å². The second-order valence-electron chi connectivity index (χ2n) is 5.62. The van der Waals surface area contributed by atoms with Crippen LogP contribution in [0.4, 0.5) is 0 Å². The Hall–Kier alpha value is -2.37. The summed E-state index contributed by atoms with van der Waals surface area (Å²) in [5.74, 6) is -0.169. The van der Waals surface area contributed by atoms with Crippen LogP contribution in [0.3, 0.4) is 0 Å². The number of nitrogens with zero attached hydrogens (tertiary/aromatic N) is 4. The topological polar surface area (TPSA) is 60.1 Å². The van der Waals surface area contributed by atoms with Gasteiger partial charge in [0.05, 0.1) is 6.20 Å². The van der Waals surface area contributed by atoms with Crippen molar-refractivity contribution in [2.45, 2.75) is 39.9 Å². The van der Waals surface area contributed by atoms with E-state index < -0.39 is 0 Å². The molecule has 0 aliphatic heterocycles. The Bertz CT molecular complexity index is 715. The fourth-order valence-corrected chi connectivity index (χ4v) is 2.21. The minimum atomic E-state index is -0.169. The summed E-state index contributed by atoms with van der Waals surface area (Å²) in [4.78, 5) is 25.8. The number of rotatable bonds is 5. The number of hydrogen-bond donors (Lipinski definition) is 0. The van der Waals surface area contributed by atoms with Gasteiger partial charge in [-0.25, -0.2) is 0 Å². The summed E-state index contributed by atoms with van der Waals surface area (Å²) in [6, 6.07) is 3.36. The van der Waals surface area contributed by atoms with E-state index in [9.17, 15) is 9.59 Å². The van der Waals surface area contributed by atoms with Crippen molar-refractivity contribution in [1.82, 2.24) is 19.2 Å². The Morgan fingerprint density at radius 1 is 1.41 bits per heavy atom. The first-order chi connectivity index (χ1) is 10.4. The Labute approximate surface area is 130 Å². The lowest BCUT2D eigenvalue weighted by molar-refractivity contribution is 0.0784. The zero-order valence-corrected chi connectivity index (χ0v) is 13.5. The van der Waals surface area contributed by atoms with E-state index in [0.29, 0.717) is 18.7 Å². The molecule has 118 valence electrons. The van der Waals surface area contributed by atoms with Gasteiger partial charge in [0.2, 0.25) is 0 Å². The number of carbonyl (C=O) groups excluding carboxylic acids is 1. The molecule has 2 aromatic rings. The van der Waals surface area contributed by atoms with Crippen LogP contribution in [0.1, 0.15) is 42.7 Å². The van der Waals surface area contributed by atoms with Crippen LogP contribution in [-0.4, -0.2) is 32.2 Å². The number of aromatic nitrogens is 3. The molecular weight excluding hydrogens is 280 g/mol. The molecule has 1 amide bonds. The van der Waals surface area contributed by atoms with Gasteiger partial charge in [-0.15, -0.1) is 0 Å². The average molecular weight is 302 g/mol. The second-order valence-corrected chi connectivity index (χ2v) is 5.62. The molecule has 2 aromatic heterocycles. The number of aryl methyl sites for hydroxylation is 1. The van der Waals surface area contributed by atoms with E-state index >= 15 is 0 Å². The molecule has 0 spiro atoms. The Morgan fingerprint density at radius 2 is 2.14 bits per heavy atom. The van der Waals surface area contributed by atoms with Gasteiger partial charge < -0.3 is 9.47 Å². The third kappa shape index (κ3) is 3.44. The van der Waals surface area contributed by atoms with Crippen LogP contribution >= 0.6 is 0 Å². The molecule has 0 N–H and O–H groups in total. The molecule has 0 aromatic carbocycles. The monoisotopic (exact) mass is 302 g/mol. The van der Waals surface area contributed by atoms with Gasteiger partial charge >= 0.3 is 0 Å². The van der Waals surface area contributed by atoms with Gasteiger partial charge in [-0.05, 0) is 26.8 Å². The molecule has 0 bridgehead atoms. The lowest BCUT2D eigenvalue weighted by Gasteiger charge is -2.16. The molecule has 0 fully saturated rings. The molecule has 2 rings (SSSR count). The molecule has 0 atom stereocenters. The van der Waals surface area contributed by atoms with Crippen molar-refractivity contribution in [3.63, 3.8) is 0 Å². The normalized spacial score (nSPS) is 11.0. The van der Waals surface area contributed by atoms with Crippen LogP contribution in [0.5, 0.6) is 0 Å². The quantitative estimate of drug-likeness (QED) is 0.848. The van der Waals surface area contributed by atoms with Gasteiger partial charge in [-0.3, -0.25) is 14.3 Å². The van der Waals surface area contributed by atoms with Crippen molar-refractivity contribution < 1.29 is 4.79 Å². The minimum Gasteiger partial charge on any atom is -0.337 e. The van der Waals surface area contributed by atoms with E-state index in [2.05, 4.69) is 5.10 Å². The predicted octanol–water partition coefficient (Wildman–Crippen LogP) is 1.92. The van der Waals surface area contributed by atoms with Gasteiger partial charge in [0.15, 0.2) is 0 Å². The van der Waals surface area contributed by atoms with Crippen molar-refractivity contribution in [1.29, 1.82) is 0 Å². The predicted molar refractivity (Wildman–Crippen MR) is 84.8 cm³/mol. The zero-order chi connectivity index (χ0) is 16.3. The highest BCUT2D eigenvalue weighted by Gasteiger charge is 2.14. The van der Waals surface area contributed by atoms with E-state index in [1.165, 1.54) is 6.07 Å². The maximum atomic E-state index is 12.4. The third-order valence-corrected chi connectivity index (χ3v) is 3.53. The highest BCUT2D eigenvalue weighted by atomic mass is 16.2. The number of pyridine rings is 1. The fraction of sp³-hybridized carbons (Fsp3) is 0.438. The van der Waals surface area contributed by atoms with E-state index in [4.69, 9.17) is 0 Å². The first kappa shape index (κ1) is 16.0.